The average molecular weight is 221 g/mol. The maximum absolute atomic E-state index is 12.7. The van der Waals surface area contributed by atoms with Crippen LogP contribution in [0.15, 0.2) is 42.0 Å². The fourth-order valence-corrected chi connectivity index (χ4v) is 1.11. The molecule has 0 aromatic heterocycles. The Morgan fingerprint density at radius 1 is 1.44 bits per heavy atom. The molecule has 0 bridgehead atoms. The molecule has 0 aliphatic carbocycles. The van der Waals surface area contributed by atoms with Crippen LogP contribution in [0.4, 0.5) is 4.39 Å². The zero-order valence-corrected chi connectivity index (χ0v) is 8.53. The summed E-state index contributed by atoms with van der Waals surface area (Å²) < 4.78 is 12.7. The van der Waals surface area contributed by atoms with Crippen molar-refractivity contribution in [3.05, 3.63) is 47.5 Å². The topological polar surface area (TPSA) is 79.0 Å². The summed E-state index contributed by atoms with van der Waals surface area (Å²) in [4.78, 5) is 11.4. The molecule has 0 aliphatic rings. The van der Waals surface area contributed by atoms with Crippen LogP contribution in [0.25, 0.3) is 0 Å². The molecule has 0 fully saturated rings. The van der Waals surface area contributed by atoms with Gasteiger partial charge >= 0.3 is 0 Å². The minimum absolute atomic E-state index is 0.118. The lowest BCUT2D eigenvalue weighted by Crippen LogP contribution is -2.29. The van der Waals surface area contributed by atoms with Gasteiger partial charge in [-0.05, 0) is 5.56 Å². The van der Waals surface area contributed by atoms with Crippen molar-refractivity contribution in [3.8, 4) is 0 Å². The van der Waals surface area contributed by atoms with Crippen LogP contribution < -0.4 is 11.1 Å². The van der Waals surface area contributed by atoms with Crippen LogP contribution in [-0.2, 0) is 11.2 Å². The molecule has 0 radical (unpaired) electrons. The lowest BCUT2D eigenvalue weighted by Gasteiger charge is -2.05. The summed E-state index contributed by atoms with van der Waals surface area (Å²) in [5.41, 5.74) is 6.01. The molecule has 0 spiro atoms. The van der Waals surface area contributed by atoms with E-state index in [4.69, 9.17) is 11.1 Å². The third-order valence-corrected chi connectivity index (χ3v) is 1.87. The van der Waals surface area contributed by atoms with Crippen molar-refractivity contribution in [2.45, 2.75) is 6.42 Å². The van der Waals surface area contributed by atoms with Crippen LogP contribution in [0, 0.1) is 5.41 Å². The average Bonchev–Trinajstić information content (AvgIpc) is 2.29. The highest BCUT2D eigenvalue weighted by atomic mass is 19.1. The van der Waals surface area contributed by atoms with Gasteiger partial charge in [-0.2, -0.15) is 0 Å². The lowest BCUT2D eigenvalue weighted by molar-refractivity contribution is -0.119. The first kappa shape index (κ1) is 11.9. The van der Waals surface area contributed by atoms with E-state index in [1.807, 2.05) is 6.07 Å². The Hall–Kier alpha value is -2.17. The predicted octanol–water partition coefficient (Wildman–Crippen LogP) is 1.09. The Balaban J connectivity index is 2.58. The molecule has 0 atom stereocenters. The number of halogens is 1. The smallest absolute Gasteiger partial charge is 0.229 e. The van der Waals surface area contributed by atoms with Crippen LogP contribution >= 0.6 is 0 Å². The van der Waals surface area contributed by atoms with Crippen LogP contribution in [0.2, 0.25) is 0 Å². The molecular weight excluding hydrogens is 209 g/mol. The number of carbonyl (C=O) groups excluding carboxylic acids is 1. The number of benzene rings is 1. The van der Waals surface area contributed by atoms with Crippen molar-refractivity contribution in [2.75, 3.05) is 0 Å². The molecule has 1 amide bonds. The number of carbonyl (C=O) groups is 1. The van der Waals surface area contributed by atoms with Crippen molar-refractivity contribution in [3.63, 3.8) is 0 Å². The van der Waals surface area contributed by atoms with Crippen LogP contribution in [0.5, 0.6) is 0 Å². The largest absolute Gasteiger partial charge is 0.383 e. The summed E-state index contributed by atoms with van der Waals surface area (Å²) in [6.45, 7) is 0. The number of nitrogens with two attached hydrogens (primary N) is 1. The van der Waals surface area contributed by atoms with Gasteiger partial charge in [0, 0.05) is 0 Å². The van der Waals surface area contributed by atoms with Crippen molar-refractivity contribution >= 4 is 12.1 Å². The van der Waals surface area contributed by atoms with Crippen molar-refractivity contribution in [1.82, 2.24) is 5.32 Å². The van der Waals surface area contributed by atoms with Gasteiger partial charge in [-0.15, -0.1) is 0 Å². The summed E-state index contributed by atoms with van der Waals surface area (Å²) >= 11 is 0. The second kappa shape index (κ2) is 5.65. The quantitative estimate of drug-likeness (QED) is 0.665. The van der Waals surface area contributed by atoms with E-state index in [0.29, 0.717) is 6.21 Å². The summed E-state index contributed by atoms with van der Waals surface area (Å²) in [5, 5.41) is 8.79. The van der Waals surface area contributed by atoms with Crippen molar-refractivity contribution < 1.29 is 9.18 Å². The minimum atomic E-state index is -0.957. The zero-order valence-electron chi connectivity index (χ0n) is 8.53. The highest BCUT2D eigenvalue weighted by Crippen LogP contribution is 2.00. The number of allylic oxidation sites excluding steroid dienone is 1. The normalized spacial score (nSPS) is 11.6. The number of nitrogens with one attached hydrogen (secondary N) is 2. The first-order valence-corrected chi connectivity index (χ1v) is 4.63. The third-order valence-electron chi connectivity index (χ3n) is 1.87. The van der Waals surface area contributed by atoms with Gasteiger partial charge < -0.3 is 16.5 Å². The fourth-order valence-electron chi connectivity index (χ4n) is 1.11. The van der Waals surface area contributed by atoms with Gasteiger partial charge in [-0.1, -0.05) is 30.3 Å². The molecule has 0 heterocycles. The molecule has 4 N–H and O–H groups in total. The van der Waals surface area contributed by atoms with Crippen LogP contribution in [-0.4, -0.2) is 12.1 Å². The van der Waals surface area contributed by atoms with Gasteiger partial charge in [-0.25, -0.2) is 4.39 Å². The Kier molecular flexibility index (Phi) is 4.20. The van der Waals surface area contributed by atoms with Gasteiger partial charge in [0.05, 0.1) is 12.6 Å². The molecule has 1 aromatic carbocycles. The van der Waals surface area contributed by atoms with E-state index in [1.165, 1.54) is 0 Å². The van der Waals surface area contributed by atoms with Gasteiger partial charge in [-0.3, -0.25) is 4.79 Å². The Morgan fingerprint density at radius 2 is 2.06 bits per heavy atom. The highest BCUT2D eigenvalue weighted by Gasteiger charge is 2.06. The molecule has 0 saturated heterocycles. The molecule has 84 valence electrons. The standard InChI is InChI=1S/C11H12FN3O/c12-9(7-13)11(14)15-10(16)6-8-4-2-1-3-5-8/h1-5,7,13H,6,14H2,(H,15,16)/b11-9-,13-7?. The van der Waals surface area contributed by atoms with Gasteiger partial charge in [0.25, 0.3) is 0 Å². The molecule has 4 nitrogen and oxygen atoms in total. The molecule has 0 unspecified atom stereocenters. The maximum atomic E-state index is 12.7. The summed E-state index contributed by atoms with van der Waals surface area (Å²) in [7, 11) is 0. The lowest BCUT2D eigenvalue weighted by atomic mass is 10.1. The van der Waals surface area contributed by atoms with Crippen molar-refractivity contribution in [2.24, 2.45) is 5.73 Å². The molecule has 1 rings (SSSR count). The number of hydrogen-bond acceptors (Lipinski definition) is 3. The molecule has 1 aromatic rings. The van der Waals surface area contributed by atoms with E-state index < -0.39 is 17.6 Å². The van der Waals surface area contributed by atoms with Crippen LogP contribution in [0.1, 0.15) is 5.56 Å². The van der Waals surface area contributed by atoms with Gasteiger partial charge in [0.15, 0.2) is 5.83 Å². The van der Waals surface area contributed by atoms with E-state index in [9.17, 15) is 9.18 Å². The first-order valence-electron chi connectivity index (χ1n) is 4.63. The molecular formula is C11H12FN3O. The van der Waals surface area contributed by atoms with Crippen LogP contribution in [0.3, 0.4) is 0 Å². The van der Waals surface area contributed by atoms with Gasteiger partial charge in [0.1, 0.15) is 5.82 Å². The Labute approximate surface area is 92.5 Å². The minimum Gasteiger partial charge on any atom is -0.383 e. The van der Waals surface area contributed by atoms with E-state index in [2.05, 4.69) is 5.32 Å². The highest BCUT2D eigenvalue weighted by molar-refractivity contribution is 5.82. The SMILES string of the molecule is N=C/C(F)=C(\N)NC(=O)Cc1ccccc1. The van der Waals surface area contributed by atoms with E-state index >= 15 is 0 Å². The fraction of sp³-hybridized carbons (Fsp3) is 0.0909. The molecule has 0 saturated carbocycles. The monoisotopic (exact) mass is 221 g/mol. The Morgan fingerprint density at radius 3 is 2.62 bits per heavy atom. The third kappa shape index (κ3) is 3.53. The van der Waals surface area contributed by atoms with E-state index in [1.54, 1.807) is 24.3 Å². The Bertz CT molecular complexity index is 414. The summed E-state index contributed by atoms with van der Waals surface area (Å²) in [6, 6.07) is 9.02. The van der Waals surface area contributed by atoms with Gasteiger partial charge in [0.2, 0.25) is 5.91 Å². The summed E-state index contributed by atoms with van der Waals surface area (Å²) in [6.07, 6.45) is 0.560. The maximum Gasteiger partial charge on any atom is 0.229 e. The van der Waals surface area contributed by atoms with E-state index in [0.717, 1.165) is 5.56 Å². The zero-order chi connectivity index (χ0) is 12.0. The second-order valence-electron chi connectivity index (χ2n) is 3.12. The first-order chi connectivity index (χ1) is 7.63. The second-order valence-corrected chi connectivity index (χ2v) is 3.12. The molecule has 0 aliphatic heterocycles. The number of amides is 1. The summed E-state index contributed by atoms with van der Waals surface area (Å²) in [5.74, 6) is -1.81. The van der Waals surface area contributed by atoms with E-state index in [-0.39, 0.29) is 6.42 Å². The molecule has 16 heavy (non-hydrogen) atoms. The van der Waals surface area contributed by atoms with Crippen molar-refractivity contribution in [1.29, 1.82) is 5.41 Å². The molecule has 5 heteroatoms. The number of hydrogen-bond donors (Lipinski definition) is 3. The predicted molar refractivity (Wildman–Crippen MR) is 59.4 cm³/mol. The number of rotatable bonds is 4.